The second-order valence-electron chi connectivity index (χ2n) is 4.96. The van der Waals surface area contributed by atoms with Gasteiger partial charge in [-0.3, -0.25) is 0 Å². The van der Waals surface area contributed by atoms with Crippen LogP contribution >= 0.6 is 11.3 Å². The number of fused-ring (bicyclic) bond motifs is 2. The van der Waals surface area contributed by atoms with E-state index in [1.807, 2.05) is 35.5 Å². The van der Waals surface area contributed by atoms with Gasteiger partial charge in [-0.05, 0) is 17.7 Å². The fourth-order valence-corrected chi connectivity index (χ4v) is 3.18. The van der Waals surface area contributed by atoms with E-state index in [0.717, 1.165) is 22.8 Å². The molecule has 0 saturated heterocycles. The molecule has 6 nitrogen and oxygen atoms in total. The van der Waals surface area contributed by atoms with Crippen LogP contribution in [0.15, 0.2) is 42.2 Å². The molecule has 110 valence electrons. The lowest BCUT2D eigenvalue weighted by molar-refractivity contribution is 0.220. The second kappa shape index (κ2) is 5.04. The largest absolute Gasteiger partial charge is 0.381 e. The molecule has 4 rings (SSSR count). The molecular weight excluding hydrogens is 298 g/mol. The molecule has 1 unspecified atom stereocenters. The molecule has 3 aromatic rings. The van der Waals surface area contributed by atoms with Crippen LogP contribution in [0.4, 0.5) is 23.0 Å². The van der Waals surface area contributed by atoms with E-state index in [-0.39, 0.29) is 0 Å². The lowest BCUT2D eigenvalue weighted by Crippen LogP contribution is -2.20. The highest BCUT2D eigenvalue weighted by molar-refractivity contribution is 7.09. The first kappa shape index (κ1) is 13.2. The molecular formula is C15H13N5OS. The number of aliphatic hydroxyl groups excluding tert-OH is 1. The van der Waals surface area contributed by atoms with E-state index >= 15 is 0 Å². The smallest absolute Gasteiger partial charge is 0.176 e. The van der Waals surface area contributed by atoms with Crippen LogP contribution in [0.25, 0.3) is 0 Å². The number of nitrogens with one attached hydrogen (secondary N) is 1. The first-order valence-electron chi connectivity index (χ1n) is 6.77. The third-order valence-corrected chi connectivity index (χ3v) is 4.46. The highest BCUT2D eigenvalue weighted by Crippen LogP contribution is 2.41. The van der Waals surface area contributed by atoms with E-state index in [1.165, 1.54) is 11.3 Å². The van der Waals surface area contributed by atoms with Gasteiger partial charge in [0.25, 0.3) is 0 Å². The van der Waals surface area contributed by atoms with Crippen molar-refractivity contribution in [3.8, 4) is 0 Å². The monoisotopic (exact) mass is 311 g/mol. The minimum atomic E-state index is -0.722. The Balaban J connectivity index is 1.74. The van der Waals surface area contributed by atoms with E-state index < -0.39 is 6.10 Å². The Bertz CT molecular complexity index is 821. The third-order valence-electron chi connectivity index (χ3n) is 3.63. The summed E-state index contributed by atoms with van der Waals surface area (Å²) in [6, 6.07) is 5.80. The molecule has 7 heteroatoms. The van der Waals surface area contributed by atoms with E-state index in [9.17, 15) is 5.11 Å². The lowest BCUT2D eigenvalue weighted by atomic mass is 10.1. The SMILES string of the molecule is CN1c2ccc(C(O)c3nccs3)cc2Nc2nccnc21. The van der Waals surface area contributed by atoms with Crippen molar-refractivity contribution in [2.24, 2.45) is 0 Å². The molecule has 3 heterocycles. The minimum absolute atomic E-state index is 0.685. The number of anilines is 4. The zero-order valence-corrected chi connectivity index (χ0v) is 12.6. The first-order chi connectivity index (χ1) is 10.7. The summed E-state index contributed by atoms with van der Waals surface area (Å²) in [5.74, 6) is 1.49. The normalized spacial score (nSPS) is 14.0. The van der Waals surface area contributed by atoms with Gasteiger partial charge in [-0.25, -0.2) is 15.0 Å². The maximum atomic E-state index is 10.4. The third kappa shape index (κ3) is 2.02. The molecule has 0 aliphatic carbocycles. The van der Waals surface area contributed by atoms with Crippen LogP contribution in [0.3, 0.4) is 0 Å². The molecule has 1 atom stereocenters. The number of hydrogen-bond acceptors (Lipinski definition) is 7. The van der Waals surface area contributed by atoms with Crippen LogP contribution in [0.2, 0.25) is 0 Å². The van der Waals surface area contributed by atoms with Crippen LogP contribution in [-0.4, -0.2) is 27.1 Å². The van der Waals surface area contributed by atoms with Crippen molar-refractivity contribution in [3.63, 3.8) is 0 Å². The Labute approximate surface area is 131 Å². The number of benzene rings is 1. The lowest BCUT2D eigenvalue weighted by Gasteiger charge is -2.29. The Morgan fingerprint density at radius 3 is 2.86 bits per heavy atom. The van der Waals surface area contributed by atoms with Crippen molar-refractivity contribution >= 4 is 34.3 Å². The number of nitrogens with zero attached hydrogens (tertiary/aromatic N) is 4. The van der Waals surface area contributed by atoms with Crippen molar-refractivity contribution in [1.82, 2.24) is 15.0 Å². The van der Waals surface area contributed by atoms with E-state index in [4.69, 9.17) is 0 Å². The van der Waals surface area contributed by atoms with Crippen LogP contribution in [0.1, 0.15) is 16.7 Å². The van der Waals surface area contributed by atoms with Gasteiger partial charge in [0.05, 0.1) is 11.4 Å². The Morgan fingerprint density at radius 2 is 2.05 bits per heavy atom. The quantitative estimate of drug-likeness (QED) is 0.758. The van der Waals surface area contributed by atoms with E-state index in [1.54, 1.807) is 18.6 Å². The zero-order valence-electron chi connectivity index (χ0n) is 11.8. The van der Waals surface area contributed by atoms with E-state index in [2.05, 4.69) is 20.3 Å². The summed E-state index contributed by atoms with van der Waals surface area (Å²) in [5.41, 5.74) is 2.67. The van der Waals surface area contributed by atoms with Crippen molar-refractivity contribution in [1.29, 1.82) is 0 Å². The molecule has 1 aromatic carbocycles. The standard InChI is InChI=1S/C15H13N5OS/c1-20-11-3-2-9(12(21)15-18-6-7-22-15)8-10(11)19-13-14(20)17-5-4-16-13/h2-8,12,21H,1H3,(H,16,19). The van der Waals surface area contributed by atoms with Crippen LogP contribution in [-0.2, 0) is 0 Å². The molecule has 2 aromatic heterocycles. The summed E-state index contributed by atoms with van der Waals surface area (Å²) < 4.78 is 0. The summed E-state index contributed by atoms with van der Waals surface area (Å²) in [6.07, 6.45) is 4.29. The topological polar surface area (TPSA) is 74.2 Å². The molecule has 0 spiro atoms. The maximum absolute atomic E-state index is 10.4. The number of aromatic nitrogens is 3. The van der Waals surface area contributed by atoms with Gasteiger partial charge < -0.3 is 15.3 Å². The predicted octanol–water partition coefficient (Wildman–Crippen LogP) is 2.84. The van der Waals surface area contributed by atoms with Gasteiger partial charge >= 0.3 is 0 Å². The molecule has 0 amide bonds. The minimum Gasteiger partial charge on any atom is -0.381 e. The second-order valence-corrected chi connectivity index (χ2v) is 5.89. The zero-order chi connectivity index (χ0) is 15.1. The summed E-state index contributed by atoms with van der Waals surface area (Å²) in [6.45, 7) is 0. The molecule has 1 aliphatic rings. The molecule has 22 heavy (non-hydrogen) atoms. The predicted molar refractivity (Wildman–Crippen MR) is 86.0 cm³/mol. The van der Waals surface area contributed by atoms with Gasteiger partial charge in [0.2, 0.25) is 0 Å². The summed E-state index contributed by atoms with van der Waals surface area (Å²) in [5, 5.41) is 16.2. The van der Waals surface area contributed by atoms with Crippen LogP contribution < -0.4 is 10.2 Å². The number of hydrogen-bond donors (Lipinski definition) is 2. The van der Waals surface area contributed by atoms with Gasteiger partial charge in [0.15, 0.2) is 11.6 Å². The summed E-state index contributed by atoms with van der Waals surface area (Å²) >= 11 is 1.44. The van der Waals surface area contributed by atoms with Crippen LogP contribution in [0, 0.1) is 0 Å². The molecule has 0 saturated carbocycles. The molecule has 2 N–H and O–H groups in total. The van der Waals surface area contributed by atoms with Gasteiger partial charge in [0.1, 0.15) is 11.1 Å². The average Bonchev–Trinajstić information content (AvgIpc) is 3.08. The Morgan fingerprint density at radius 1 is 1.18 bits per heavy atom. The first-order valence-corrected chi connectivity index (χ1v) is 7.65. The molecule has 1 aliphatic heterocycles. The number of rotatable bonds is 2. The summed E-state index contributed by atoms with van der Waals surface area (Å²) in [4.78, 5) is 14.8. The average molecular weight is 311 g/mol. The number of aliphatic hydroxyl groups is 1. The van der Waals surface area contributed by atoms with Crippen molar-refractivity contribution in [2.75, 3.05) is 17.3 Å². The summed E-state index contributed by atoms with van der Waals surface area (Å²) in [7, 11) is 1.95. The van der Waals surface area contributed by atoms with Gasteiger partial charge in [0, 0.05) is 31.0 Å². The number of thiazole rings is 1. The highest BCUT2D eigenvalue weighted by atomic mass is 32.1. The van der Waals surface area contributed by atoms with Gasteiger partial charge in [-0.2, -0.15) is 0 Å². The van der Waals surface area contributed by atoms with Crippen LogP contribution in [0.5, 0.6) is 0 Å². The molecule has 0 radical (unpaired) electrons. The Hall–Kier alpha value is -2.51. The Kier molecular flexibility index (Phi) is 3.02. The van der Waals surface area contributed by atoms with Gasteiger partial charge in [-0.15, -0.1) is 11.3 Å². The van der Waals surface area contributed by atoms with Gasteiger partial charge in [-0.1, -0.05) is 6.07 Å². The van der Waals surface area contributed by atoms with E-state index in [0.29, 0.717) is 10.8 Å². The molecule has 0 fully saturated rings. The van der Waals surface area contributed by atoms with Crippen molar-refractivity contribution in [2.45, 2.75) is 6.10 Å². The molecule has 0 bridgehead atoms. The van der Waals surface area contributed by atoms with Crippen molar-refractivity contribution < 1.29 is 5.11 Å². The fourth-order valence-electron chi connectivity index (χ4n) is 2.53. The fraction of sp³-hybridized carbons (Fsp3) is 0.133. The maximum Gasteiger partial charge on any atom is 0.176 e. The highest BCUT2D eigenvalue weighted by Gasteiger charge is 2.23. The van der Waals surface area contributed by atoms with Crippen molar-refractivity contribution in [3.05, 3.63) is 52.7 Å².